The topological polar surface area (TPSA) is 95.9 Å². The van der Waals surface area contributed by atoms with Crippen molar-refractivity contribution >= 4 is 11.9 Å². The smallest absolute Gasteiger partial charge is 0.305 e. The molecule has 0 fully saturated rings. The summed E-state index contributed by atoms with van der Waals surface area (Å²) in [6.07, 6.45) is 75.2. The van der Waals surface area contributed by atoms with Crippen molar-refractivity contribution < 1.29 is 24.5 Å². The Labute approximate surface area is 450 Å². The van der Waals surface area contributed by atoms with Crippen molar-refractivity contribution in [2.45, 2.75) is 386 Å². The number of aliphatic hydroxyl groups excluding tert-OH is 2. The van der Waals surface area contributed by atoms with Crippen LogP contribution >= 0.6 is 0 Å². The molecule has 0 saturated heterocycles. The Morgan fingerprint density at radius 2 is 0.653 bits per heavy atom. The molecule has 428 valence electrons. The Morgan fingerprint density at radius 1 is 0.375 bits per heavy atom. The average molecular weight is 1020 g/mol. The summed E-state index contributed by atoms with van der Waals surface area (Å²) in [6.45, 7) is 4.98. The van der Waals surface area contributed by atoms with Gasteiger partial charge in [0, 0.05) is 12.8 Å². The fraction of sp³-hybridized carbons (Fsp3) is 0.939. The van der Waals surface area contributed by atoms with Crippen LogP contribution in [0.25, 0.3) is 0 Å². The second-order valence-corrected chi connectivity index (χ2v) is 22.8. The number of hydrogen-bond acceptors (Lipinski definition) is 5. The van der Waals surface area contributed by atoms with Crippen molar-refractivity contribution in [2.24, 2.45) is 0 Å². The van der Waals surface area contributed by atoms with Crippen molar-refractivity contribution in [3.05, 3.63) is 12.2 Å². The van der Waals surface area contributed by atoms with E-state index >= 15 is 0 Å². The standard InChI is InChI=1S/C66H129NO5/c1-3-5-7-9-11-13-15-17-19-32-36-40-44-48-52-56-60-66(71)72-61-57-53-49-45-41-37-33-30-28-26-24-22-20-21-23-25-27-29-31-35-39-43-47-51-55-59-65(70)67-63(62-68)64(69)58-54-50-46-42-38-34-18-16-14-12-10-8-6-4-2/h19,32,63-64,68-69H,3-18,20-31,33-62H2,1-2H3,(H,67,70)/b32-19-. The molecule has 3 N–H and O–H groups in total. The van der Waals surface area contributed by atoms with E-state index in [0.29, 0.717) is 25.9 Å². The molecular formula is C66H129NO5. The predicted molar refractivity (Wildman–Crippen MR) is 315 cm³/mol. The van der Waals surface area contributed by atoms with Crippen molar-refractivity contribution in [1.82, 2.24) is 5.32 Å². The molecule has 2 atom stereocenters. The summed E-state index contributed by atoms with van der Waals surface area (Å²) >= 11 is 0. The second kappa shape index (κ2) is 62.1. The first-order valence-electron chi connectivity index (χ1n) is 32.9. The highest BCUT2D eigenvalue weighted by molar-refractivity contribution is 5.76. The number of allylic oxidation sites excluding steroid dienone is 2. The van der Waals surface area contributed by atoms with Gasteiger partial charge in [0.2, 0.25) is 5.91 Å². The van der Waals surface area contributed by atoms with Crippen LogP contribution in [-0.2, 0) is 14.3 Å². The van der Waals surface area contributed by atoms with Gasteiger partial charge in [0.25, 0.3) is 0 Å². The van der Waals surface area contributed by atoms with Gasteiger partial charge < -0.3 is 20.3 Å². The van der Waals surface area contributed by atoms with Crippen LogP contribution in [0.4, 0.5) is 0 Å². The van der Waals surface area contributed by atoms with Crippen molar-refractivity contribution in [2.75, 3.05) is 13.2 Å². The number of nitrogens with one attached hydrogen (secondary N) is 1. The molecule has 0 aliphatic carbocycles. The minimum absolute atomic E-state index is 0.00983. The lowest BCUT2D eigenvalue weighted by Gasteiger charge is -2.22. The van der Waals surface area contributed by atoms with E-state index in [-0.39, 0.29) is 18.5 Å². The molecule has 6 heteroatoms. The molecule has 0 saturated carbocycles. The van der Waals surface area contributed by atoms with Gasteiger partial charge in [-0.2, -0.15) is 0 Å². The third-order valence-corrected chi connectivity index (χ3v) is 15.6. The number of esters is 1. The first-order valence-corrected chi connectivity index (χ1v) is 32.9. The van der Waals surface area contributed by atoms with Gasteiger partial charge in [0.1, 0.15) is 0 Å². The molecule has 0 radical (unpaired) electrons. The van der Waals surface area contributed by atoms with Crippen LogP contribution in [0.2, 0.25) is 0 Å². The fourth-order valence-electron chi connectivity index (χ4n) is 10.5. The molecule has 0 bridgehead atoms. The minimum Gasteiger partial charge on any atom is -0.466 e. The van der Waals surface area contributed by atoms with E-state index in [0.717, 1.165) is 44.9 Å². The molecule has 1 amide bonds. The number of ether oxygens (including phenoxy) is 1. The Balaban J connectivity index is 3.34. The normalized spacial score (nSPS) is 12.6. The number of unbranched alkanes of at least 4 members (excludes halogenated alkanes) is 49. The largest absolute Gasteiger partial charge is 0.466 e. The van der Waals surface area contributed by atoms with Crippen LogP contribution in [0.3, 0.4) is 0 Å². The van der Waals surface area contributed by atoms with Crippen molar-refractivity contribution in [3.63, 3.8) is 0 Å². The highest BCUT2D eigenvalue weighted by Gasteiger charge is 2.20. The summed E-state index contributed by atoms with van der Waals surface area (Å²) < 4.78 is 5.49. The van der Waals surface area contributed by atoms with Crippen LogP contribution in [0, 0.1) is 0 Å². The Morgan fingerprint density at radius 3 is 0.986 bits per heavy atom. The molecule has 2 unspecified atom stereocenters. The molecule has 0 rings (SSSR count). The zero-order valence-electron chi connectivity index (χ0n) is 48.9. The summed E-state index contributed by atoms with van der Waals surface area (Å²) in [4.78, 5) is 24.6. The van der Waals surface area contributed by atoms with Gasteiger partial charge in [-0.05, 0) is 51.4 Å². The maximum atomic E-state index is 12.5. The van der Waals surface area contributed by atoms with Crippen molar-refractivity contribution in [3.8, 4) is 0 Å². The van der Waals surface area contributed by atoms with E-state index < -0.39 is 12.1 Å². The van der Waals surface area contributed by atoms with Gasteiger partial charge in [-0.1, -0.05) is 321 Å². The highest BCUT2D eigenvalue weighted by atomic mass is 16.5. The van der Waals surface area contributed by atoms with Crippen LogP contribution in [0.1, 0.15) is 373 Å². The molecule has 72 heavy (non-hydrogen) atoms. The lowest BCUT2D eigenvalue weighted by Crippen LogP contribution is -2.45. The van der Waals surface area contributed by atoms with Gasteiger partial charge in [-0.15, -0.1) is 0 Å². The van der Waals surface area contributed by atoms with Gasteiger partial charge >= 0.3 is 5.97 Å². The Kier molecular flexibility index (Phi) is 60.9. The predicted octanol–water partition coefficient (Wildman–Crippen LogP) is 20.8. The molecule has 0 aromatic heterocycles. The van der Waals surface area contributed by atoms with Gasteiger partial charge in [0.15, 0.2) is 0 Å². The minimum atomic E-state index is -0.662. The monoisotopic (exact) mass is 1020 g/mol. The zero-order chi connectivity index (χ0) is 52.2. The summed E-state index contributed by atoms with van der Waals surface area (Å²) in [7, 11) is 0. The Hall–Kier alpha value is -1.40. The third kappa shape index (κ3) is 57.9. The van der Waals surface area contributed by atoms with Gasteiger partial charge in [-0.25, -0.2) is 0 Å². The molecule has 0 aliphatic rings. The number of carbonyl (C=O) groups excluding carboxylic acids is 2. The molecule has 6 nitrogen and oxygen atoms in total. The third-order valence-electron chi connectivity index (χ3n) is 15.6. The first kappa shape index (κ1) is 70.6. The van der Waals surface area contributed by atoms with Crippen LogP contribution in [-0.4, -0.2) is 47.4 Å². The summed E-state index contributed by atoms with van der Waals surface area (Å²) in [6, 6.07) is -0.539. The maximum absolute atomic E-state index is 12.5. The zero-order valence-corrected chi connectivity index (χ0v) is 48.9. The van der Waals surface area contributed by atoms with Gasteiger partial charge in [-0.3, -0.25) is 9.59 Å². The average Bonchev–Trinajstić information content (AvgIpc) is 3.38. The fourth-order valence-corrected chi connectivity index (χ4v) is 10.5. The van der Waals surface area contributed by atoms with Crippen molar-refractivity contribution in [1.29, 1.82) is 0 Å². The molecule has 0 aromatic rings. The van der Waals surface area contributed by atoms with Gasteiger partial charge in [0.05, 0.1) is 25.4 Å². The van der Waals surface area contributed by atoms with Crippen LogP contribution in [0.5, 0.6) is 0 Å². The molecule has 0 aliphatic heterocycles. The molecule has 0 spiro atoms. The second-order valence-electron chi connectivity index (χ2n) is 22.8. The Bertz CT molecular complexity index is 1080. The summed E-state index contributed by atoms with van der Waals surface area (Å²) in [5, 5.41) is 23.3. The van der Waals surface area contributed by atoms with E-state index in [2.05, 4.69) is 31.3 Å². The first-order chi connectivity index (χ1) is 35.5. The quantitative estimate of drug-likeness (QED) is 0.0320. The summed E-state index contributed by atoms with van der Waals surface area (Å²) in [5.74, 6) is -0.0210. The highest BCUT2D eigenvalue weighted by Crippen LogP contribution is 2.19. The lowest BCUT2D eigenvalue weighted by atomic mass is 10.0. The number of rotatable bonds is 62. The number of hydrogen-bond donors (Lipinski definition) is 3. The van der Waals surface area contributed by atoms with E-state index in [1.165, 1.54) is 295 Å². The maximum Gasteiger partial charge on any atom is 0.305 e. The lowest BCUT2D eigenvalue weighted by molar-refractivity contribution is -0.143. The number of carbonyl (C=O) groups is 2. The molecular weight excluding hydrogens is 887 g/mol. The molecule has 0 aromatic carbocycles. The summed E-state index contributed by atoms with van der Waals surface area (Å²) in [5.41, 5.74) is 0. The SMILES string of the molecule is CCCCCCCCC/C=C\CCCCCCCC(=O)OCCCCCCCCCCCCCCCCCCCCCCCCCCCC(=O)NC(CO)C(O)CCCCCCCCCCCCCCCC. The van der Waals surface area contributed by atoms with E-state index in [1.54, 1.807) is 0 Å². The van der Waals surface area contributed by atoms with Crippen LogP contribution in [0.15, 0.2) is 12.2 Å². The number of aliphatic hydroxyl groups is 2. The van der Waals surface area contributed by atoms with E-state index in [1.807, 2.05) is 0 Å². The van der Waals surface area contributed by atoms with E-state index in [4.69, 9.17) is 4.74 Å². The number of amides is 1. The van der Waals surface area contributed by atoms with Crippen LogP contribution < -0.4 is 5.32 Å². The van der Waals surface area contributed by atoms with E-state index in [9.17, 15) is 19.8 Å². The molecule has 0 heterocycles.